The Morgan fingerprint density at radius 1 is 1.35 bits per heavy atom. The van der Waals surface area contributed by atoms with Crippen LogP contribution in [0.1, 0.15) is 30.1 Å². The number of nitrogen functional groups attached to an aromatic ring is 1. The highest BCUT2D eigenvalue weighted by Gasteiger charge is 2.22. The maximum atomic E-state index is 12.8. The van der Waals surface area contributed by atoms with Gasteiger partial charge in [0, 0.05) is 36.9 Å². The predicted octanol–water partition coefficient (Wildman–Crippen LogP) is 3.09. The number of benzene rings is 1. The topological polar surface area (TPSA) is 81.3 Å². The van der Waals surface area contributed by atoms with Crippen molar-refractivity contribution in [1.82, 2.24) is 14.9 Å². The molecule has 26 heavy (non-hydrogen) atoms. The van der Waals surface area contributed by atoms with Crippen LogP contribution in [0.25, 0.3) is 11.3 Å². The van der Waals surface area contributed by atoms with Crippen molar-refractivity contribution in [3.05, 3.63) is 35.9 Å². The fourth-order valence-corrected chi connectivity index (χ4v) is 3.42. The predicted molar refractivity (Wildman–Crippen MR) is 104 cm³/mol. The van der Waals surface area contributed by atoms with Gasteiger partial charge in [-0.15, -0.1) is 0 Å². The number of anilines is 1. The van der Waals surface area contributed by atoms with Crippen molar-refractivity contribution in [3.63, 3.8) is 0 Å². The van der Waals surface area contributed by atoms with Crippen LogP contribution in [0.15, 0.2) is 35.5 Å². The lowest BCUT2D eigenvalue weighted by Gasteiger charge is -2.24. The number of carbonyl (C=O) groups is 1. The van der Waals surface area contributed by atoms with Gasteiger partial charge in [0.25, 0.3) is 5.91 Å². The lowest BCUT2D eigenvalue weighted by Crippen LogP contribution is -2.37. The van der Waals surface area contributed by atoms with Crippen LogP contribution in [0.4, 0.5) is 5.82 Å². The Morgan fingerprint density at radius 3 is 2.73 bits per heavy atom. The Labute approximate surface area is 158 Å². The second-order valence-corrected chi connectivity index (χ2v) is 6.99. The number of nitrogens with two attached hydrogens (primary N) is 1. The van der Waals surface area contributed by atoms with Gasteiger partial charge < -0.3 is 15.4 Å². The molecule has 138 valence electrons. The quantitative estimate of drug-likeness (QED) is 0.620. The molecule has 1 aliphatic heterocycles. The number of nitrogens with zero attached hydrogens (tertiary/aromatic N) is 3. The lowest BCUT2D eigenvalue weighted by molar-refractivity contribution is 0.0539. The minimum atomic E-state index is 0.0292. The number of rotatable bonds is 6. The van der Waals surface area contributed by atoms with E-state index in [2.05, 4.69) is 9.97 Å². The molecular formula is C19H24N4O2S. The molecule has 1 aliphatic rings. The van der Waals surface area contributed by atoms with E-state index in [-0.39, 0.29) is 12.0 Å². The van der Waals surface area contributed by atoms with Crippen LogP contribution in [0.2, 0.25) is 0 Å². The zero-order valence-electron chi connectivity index (χ0n) is 15.1. The van der Waals surface area contributed by atoms with Crippen LogP contribution in [0.3, 0.4) is 0 Å². The number of ether oxygens (including phenoxy) is 1. The second kappa shape index (κ2) is 8.51. The first-order valence-corrected chi connectivity index (χ1v) is 10.0. The van der Waals surface area contributed by atoms with E-state index in [0.717, 1.165) is 30.7 Å². The Balaban J connectivity index is 1.75. The summed E-state index contributed by atoms with van der Waals surface area (Å²) in [6.45, 7) is 4.11. The largest absolute Gasteiger partial charge is 0.384 e. The van der Waals surface area contributed by atoms with Gasteiger partial charge >= 0.3 is 0 Å². The molecule has 1 aromatic carbocycles. The molecule has 0 unspecified atom stereocenters. The van der Waals surface area contributed by atoms with Gasteiger partial charge in [0.15, 0.2) is 5.16 Å². The summed E-state index contributed by atoms with van der Waals surface area (Å²) in [4.78, 5) is 23.3. The van der Waals surface area contributed by atoms with E-state index in [4.69, 9.17) is 10.5 Å². The second-order valence-electron chi connectivity index (χ2n) is 6.22. The van der Waals surface area contributed by atoms with Crippen LogP contribution in [0.5, 0.6) is 0 Å². The highest BCUT2D eigenvalue weighted by atomic mass is 32.2. The highest BCUT2D eigenvalue weighted by Crippen LogP contribution is 2.23. The van der Waals surface area contributed by atoms with Gasteiger partial charge in [0.2, 0.25) is 0 Å². The molecule has 2 N–H and O–H groups in total. The number of thioether (sulfide) groups is 1. The maximum absolute atomic E-state index is 12.8. The number of carbonyl (C=O) groups excluding carboxylic acids is 1. The fourth-order valence-electron chi connectivity index (χ4n) is 3.04. The van der Waals surface area contributed by atoms with Gasteiger partial charge in [-0.1, -0.05) is 23.9 Å². The zero-order chi connectivity index (χ0) is 18.5. The Bertz CT molecular complexity index is 761. The van der Waals surface area contributed by atoms with Crippen molar-refractivity contribution in [1.29, 1.82) is 0 Å². The third-order valence-electron chi connectivity index (χ3n) is 4.45. The van der Waals surface area contributed by atoms with Crippen LogP contribution in [-0.2, 0) is 4.74 Å². The molecule has 7 heteroatoms. The Morgan fingerprint density at radius 2 is 2.12 bits per heavy atom. The summed E-state index contributed by atoms with van der Waals surface area (Å²) in [5.74, 6) is 0.467. The summed E-state index contributed by atoms with van der Waals surface area (Å²) in [6.07, 6.45) is 4.17. The number of aromatic nitrogens is 2. The molecule has 1 aromatic heterocycles. The van der Waals surface area contributed by atoms with Crippen LogP contribution in [0, 0.1) is 0 Å². The van der Waals surface area contributed by atoms with Gasteiger partial charge in [0.05, 0.1) is 11.8 Å². The SMILES string of the molecule is CCN(C[C@H]1CCCO1)C(=O)c1ccc(-c2cc(N)nc(SC)n2)cc1. The van der Waals surface area contributed by atoms with Crippen molar-refractivity contribution >= 4 is 23.5 Å². The fraction of sp³-hybridized carbons (Fsp3) is 0.421. The van der Waals surface area contributed by atoms with Gasteiger partial charge in [-0.2, -0.15) is 0 Å². The van der Waals surface area contributed by atoms with E-state index in [1.165, 1.54) is 11.8 Å². The molecule has 0 aliphatic carbocycles. The monoisotopic (exact) mass is 372 g/mol. The Hall–Kier alpha value is -2.12. The maximum Gasteiger partial charge on any atom is 0.253 e. The van der Waals surface area contributed by atoms with Gasteiger partial charge in [0.1, 0.15) is 5.82 Å². The zero-order valence-corrected chi connectivity index (χ0v) is 16.0. The number of hydrogen-bond donors (Lipinski definition) is 1. The number of hydrogen-bond acceptors (Lipinski definition) is 6. The van der Waals surface area contributed by atoms with E-state index >= 15 is 0 Å². The molecule has 0 spiro atoms. The molecule has 2 aromatic rings. The van der Waals surface area contributed by atoms with Crippen LogP contribution < -0.4 is 5.73 Å². The van der Waals surface area contributed by atoms with Crippen molar-refractivity contribution in [2.75, 3.05) is 31.7 Å². The molecule has 0 bridgehead atoms. The Kier molecular flexibility index (Phi) is 6.11. The highest BCUT2D eigenvalue weighted by molar-refractivity contribution is 7.98. The number of amides is 1. The average molecular weight is 372 g/mol. The number of likely N-dealkylation sites (N-methyl/N-ethyl adjacent to an activating group) is 1. The molecule has 1 amide bonds. The first kappa shape index (κ1) is 18.7. The molecule has 0 saturated carbocycles. The van der Waals surface area contributed by atoms with E-state index < -0.39 is 0 Å². The van der Waals surface area contributed by atoms with Crippen molar-refractivity contribution in [3.8, 4) is 11.3 Å². The minimum Gasteiger partial charge on any atom is -0.384 e. The van der Waals surface area contributed by atoms with E-state index in [1.54, 1.807) is 6.07 Å². The summed E-state index contributed by atoms with van der Waals surface area (Å²) in [6, 6.07) is 9.23. The summed E-state index contributed by atoms with van der Waals surface area (Å²) >= 11 is 1.45. The van der Waals surface area contributed by atoms with E-state index in [0.29, 0.717) is 29.6 Å². The third-order valence-corrected chi connectivity index (χ3v) is 5.00. The van der Waals surface area contributed by atoms with Crippen molar-refractivity contribution in [2.24, 2.45) is 0 Å². The molecular weight excluding hydrogens is 348 g/mol. The van der Waals surface area contributed by atoms with E-state index in [1.807, 2.05) is 42.3 Å². The van der Waals surface area contributed by atoms with Crippen molar-refractivity contribution < 1.29 is 9.53 Å². The summed E-state index contributed by atoms with van der Waals surface area (Å²) in [5.41, 5.74) is 8.18. The van der Waals surface area contributed by atoms with Gasteiger partial charge in [-0.25, -0.2) is 9.97 Å². The smallest absolute Gasteiger partial charge is 0.253 e. The molecule has 1 atom stereocenters. The standard InChI is InChI=1S/C19H24N4O2S/c1-3-23(12-15-5-4-10-25-15)18(24)14-8-6-13(7-9-14)16-11-17(20)22-19(21-16)26-2/h6-9,11,15H,3-5,10,12H2,1-2H3,(H2,20,21,22)/t15-/m1/s1. The summed E-state index contributed by atoms with van der Waals surface area (Å²) in [7, 11) is 0. The van der Waals surface area contributed by atoms with Crippen molar-refractivity contribution in [2.45, 2.75) is 31.0 Å². The molecule has 6 nitrogen and oxygen atoms in total. The average Bonchev–Trinajstić information content (AvgIpc) is 3.18. The normalized spacial score (nSPS) is 16.6. The first-order chi connectivity index (χ1) is 12.6. The van der Waals surface area contributed by atoms with Crippen LogP contribution >= 0.6 is 11.8 Å². The molecule has 1 fully saturated rings. The molecule has 3 rings (SSSR count). The van der Waals surface area contributed by atoms with Gasteiger partial charge in [-0.05, 0) is 38.2 Å². The first-order valence-electron chi connectivity index (χ1n) is 8.80. The minimum absolute atomic E-state index is 0.0292. The molecule has 0 radical (unpaired) electrons. The van der Waals surface area contributed by atoms with Crippen LogP contribution in [-0.4, -0.2) is 52.8 Å². The molecule has 1 saturated heterocycles. The van der Waals surface area contributed by atoms with E-state index in [9.17, 15) is 4.79 Å². The third kappa shape index (κ3) is 4.34. The molecule has 2 heterocycles. The summed E-state index contributed by atoms with van der Waals surface area (Å²) < 4.78 is 5.66. The summed E-state index contributed by atoms with van der Waals surface area (Å²) in [5, 5.41) is 0.633. The van der Waals surface area contributed by atoms with Gasteiger partial charge in [-0.3, -0.25) is 4.79 Å². The lowest BCUT2D eigenvalue weighted by atomic mass is 10.1.